The first-order valence-corrected chi connectivity index (χ1v) is 11.0. The number of pyridine rings is 1. The van der Waals surface area contributed by atoms with Gasteiger partial charge in [-0.3, -0.25) is 9.78 Å². The Balaban J connectivity index is 1.57. The van der Waals surface area contributed by atoms with Crippen LogP contribution in [0.1, 0.15) is 29.2 Å². The zero-order chi connectivity index (χ0) is 21.2. The standard InChI is InChI=1S/C24H17ClN4OS/c25-19-10-8-18(9-11-19)21-14-20(17-6-2-1-3-7-17)28-29(21)23-22(31-24(30)27-23)13-16-5-4-12-26-15-16/h1-13,15,21H,14H2/b22-13-. The number of amides is 1. The van der Waals surface area contributed by atoms with E-state index in [2.05, 4.69) is 9.98 Å². The number of aromatic nitrogens is 1. The van der Waals surface area contributed by atoms with E-state index in [9.17, 15) is 4.79 Å². The predicted molar refractivity (Wildman–Crippen MR) is 126 cm³/mol. The molecule has 0 aliphatic carbocycles. The molecule has 0 bridgehead atoms. The molecule has 0 fully saturated rings. The van der Waals surface area contributed by atoms with Gasteiger partial charge in [-0.15, -0.1) is 0 Å². The smallest absolute Gasteiger partial charge is 0.264 e. The summed E-state index contributed by atoms with van der Waals surface area (Å²) in [5.41, 5.74) is 3.97. The number of thioether (sulfide) groups is 1. The first-order chi connectivity index (χ1) is 15.2. The van der Waals surface area contributed by atoms with Crippen LogP contribution in [0.3, 0.4) is 0 Å². The van der Waals surface area contributed by atoms with Gasteiger partial charge in [-0.1, -0.05) is 60.1 Å². The van der Waals surface area contributed by atoms with Crippen molar-refractivity contribution in [3.05, 3.63) is 106 Å². The van der Waals surface area contributed by atoms with Crippen molar-refractivity contribution in [1.29, 1.82) is 0 Å². The van der Waals surface area contributed by atoms with E-state index in [1.54, 1.807) is 12.4 Å². The molecule has 3 heterocycles. The maximum Gasteiger partial charge on any atom is 0.311 e. The second kappa shape index (κ2) is 8.49. The summed E-state index contributed by atoms with van der Waals surface area (Å²) in [6, 6.07) is 21.5. The Morgan fingerprint density at radius 2 is 1.84 bits per heavy atom. The van der Waals surface area contributed by atoms with Crippen LogP contribution in [0, 0.1) is 0 Å². The molecule has 0 saturated heterocycles. The number of benzene rings is 2. The lowest BCUT2D eigenvalue weighted by molar-refractivity contribution is 0.267. The largest absolute Gasteiger partial charge is 0.311 e. The lowest BCUT2D eigenvalue weighted by Crippen LogP contribution is -2.26. The Labute approximate surface area is 189 Å². The maximum atomic E-state index is 12.3. The van der Waals surface area contributed by atoms with Crippen molar-refractivity contribution in [1.82, 2.24) is 9.99 Å². The summed E-state index contributed by atoms with van der Waals surface area (Å²) in [6.45, 7) is 0. The van der Waals surface area contributed by atoms with Gasteiger partial charge in [-0.2, -0.15) is 10.1 Å². The zero-order valence-electron chi connectivity index (χ0n) is 16.4. The summed E-state index contributed by atoms with van der Waals surface area (Å²) >= 11 is 7.22. The molecule has 0 radical (unpaired) electrons. The Kier molecular flexibility index (Phi) is 5.40. The van der Waals surface area contributed by atoms with Crippen molar-refractivity contribution in [2.45, 2.75) is 12.5 Å². The van der Waals surface area contributed by atoms with Crippen molar-refractivity contribution in [2.24, 2.45) is 10.1 Å². The van der Waals surface area contributed by atoms with Gasteiger partial charge in [-0.05, 0) is 52.7 Å². The molecule has 2 aliphatic heterocycles. The van der Waals surface area contributed by atoms with Crippen molar-refractivity contribution in [3.8, 4) is 0 Å². The Bertz CT molecular complexity index is 1210. The molecule has 0 saturated carbocycles. The highest BCUT2D eigenvalue weighted by Gasteiger charge is 2.36. The highest BCUT2D eigenvalue weighted by molar-refractivity contribution is 8.18. The van der Waals surface area contributed by atoms with Gasteiger partial charge in [0.2, 0.25) is 0 Å². The Hall–Kier alpha value is -3.22. The van der Waals surface area contributed by atoms with Crippen LogP contribution in [0.25, 0.3) is 6.08 Å². The highest BCUT2D eigenvalue weighted by atomic mass is 35.5. The third kappa shape index (κ3) is 4.17. The van der Waals surface area contributed by atoms with E-state index >= 15 is 0 Å². The van der Waals surface area contributed by atoms with Gasteiger partial charge in [0.05, 0.1) is 16.7 Å². The molecular formula is C24H17ClN4OS. The molecule has 5 nitrogen and oxygen atoms in total. The molecule has 1 aromatic heterocycles. The maximum absolute atomic E-state index is 12.3. The van der Waals surface area contributed by atoms with Crippen LogP contribution < -0.4 is 0 Å². The first kappa shape index (κ1) is 19.7. The number of hydrazone groups is 1. The average molecular weight is 445 g/mol. The fraction of sp³-hybridized carbons (Fsp3) is 0.0833. The number of carbonyl (C=O) groups excluding carboxylic acids is 1. The number of halogens is 1. The Morgan fingerprint density at radius 3 is 2.58 bits per heavy atom. The van der Waals surface area contributed by atoms with Crippen LogP contribution in [-0.2, 0) is 0 Å². The molecule has 2 aromatic carbocycles. The van der Waals surface area contributed by atoms with Gasteiger partial charge in [-0.25, -0.2) is 5.01 Å². The molecule has 3 aromatic rings. The second-order valence-electron chi connectivity index (χ2n) is 7.13. The van der Waals surface area contributed by atoms with Gasteiger partial charge in [0.15, 0.2) is 5.84 Å². The minimum atomic E-state index is -0.247. The number of hydrogen-bond donors (Lipinski definition) is 0. The molecule has 5 rings (SSSR count). The molecule has 7 heteroatoms. The fourth-order valence-electron chi connectivity index (χ4n) is 3.63. The molecule has 2 aliphatic rings. The lowest BCUT2D eigenvalue weighted by Gasteiger charge is -2.24. The number of carbonyl (C=O) groups is 1. The van der Waals surface area contributed by atoms with Gasteiger partial charge < -0.3 is 0 Å². The summed E-state index contributed by atoms with van der Waals surface area (Å²) in [7, 11) is 0. The summed E-state index contributed by atoms with van der Waals surface area (Å²) in [5, 5.41) is 7.21. The normalized spacial score (nSPS) is 19.6. The molecule has 1 unspecified atom stereocenters. The van der Waals surface area contributed by atoms with E-state index < -0.39 is 0 Å². The molecule has 31 heavy (non-hydrogen) atoms. The van der Waals surface area contributed by atoms with E-state index in [0.29, 0.717) is 17.3 Å². The first-order valence-electron chi connectivity index (χ1n) is 9.77. The number of hydrogen-bond acceptors (Lipinski definition) is 5. The number of amidine groups is 1. The van der Waals surface area contributed by atoms with Crippen LogP contribution in [0.5, 0.6) is 0 Å². The van der Waals surface area contributed by atoms with Crippen LogP contribution in [0.15, 0.2) is 94.1 Å². The second-order valence-corrected chi connectivity index (χ2v) is 8.56. The van der Waals surface area contributed by atoms with Crippen LogP contribution >= 0.6 is 23.4 Å². The monoisotopic (exact) mass is 444 g/mol. The van der Waals surface area contributed by atoms with Crippen LogP contribution in [-0.4, -0.2) is 26.8 Å². The minimum Gasteiger partial charge on any atom is -0.264 e. The third-order valence-corrected chi connectivity index (χ3v) is 6.12. The molecule has 0 N–H and O–H groups in total. The van der Waals surface area contributed by atoms with E-state index in [1.807, 2.05) is 77.8 Å². The lowest BCUT2D eigenvalue weighted by atomic mass is 9.98. The number of nitrogens with zero attached hydrogens (tertiary/aromatic N) is 4. The third-order valence-electron chi connectivity index (χ3n) is 5.09. The molecular weight excluding hydrogens is 428 g/mol. The highest BCUT2D eigenvalue weighted by Crippen LogP contribution is 2.39. The van der Waals surface area contributed by atoms with E-state index in [0.717, 1.165) is 39.1 Å². The SMILES string of the molecule is O=C1N=C(N2N=C(c3ccccc3)CC2c2ccc(Cl)cc2)/C(=C/c2cccnc2)S1. The van der Waals surface area contributed by atoms with E-state index in [1.165, 1.54) is 0 Å². The predicted octanol–water partition coefficient (Wildman–Crippen LogP) is 6.19. The molecule has 1 atom stereocenters. The van der Waals surface area contributed by atoms with Gasteiger partial charge in [0, 0.05) is 23.8 Å². The van der Waals surface area contributed by atoms with E-state index in [4.69, 9.17) is 16.7 Å². The summed E-state index contributed by atoms with van der Waals surface area (Å²) < 4.78 is 0. The summed E-state index contributed by atoms with van der Waals surface area (Å²) in [5.74, 6) is 0.560. The zero-order valence-corrected chi connectivity index (χ0v) is 17.9. The van der Waals surface area contributed by atoms with Gasteiger partial charge in [0.25, 0.3) is 0 Å². The molecule has 152 valence electrons. The van der Waals surface area contributed by atoms with Gasteiger partial charge in [0.1, 0.15) is 0 Å². The van der Waals surface area contributed by atoms with Crippen LogP contribution in [0.4, 0.5) is 4.79 Å². The number of rotatable bonds is 3. The summed E-state index contributed by atoms with van der Waals surface area (Å²) in [4.78, 5) is 21.5. The van der Waals surface area contributed by atoms with Crippen molar-refractivity contribution >= 4 is 46.2 Å². The minimum absolute atomic E-state index is 0.0879. The fourth-order valence-corrected chi connectivity index (χ4v) is 4.50. The molecule has 0 spiro atoms. The quantitative estimate of drug-likeness (QED) is 0.483. The van der Waals surface area contributed by atoms with Crippen molar-refractivity contribution in [3.63, 3.8) is 0 Å². The average Bonchev–Trinajstić information content (AvgIpc) is 3.39. The summed E-state index contributed by atoms with van der Waals surface area (Å²) in [6.07, 6.45) is 6.10. The van der Waals surface area contributed by atoms with Crippen molar-refractivity contribution < 1.29 is 4.79 Å². The van der Waals surface area contributed by atoms with Crippen molar-refractivity contribution in [2.75, 3.05) is 0 Å². The topological polar surface area (TPSA) is 57.9 Å². The Morgan fingerprint density at radius 1 is 1.03 bits per heavy atom. The van der Waals surface area contributed by atoms with E-state index in [-0.39, 0.29) is 11.3 Å². The molecule has 1 amide bonds. The van der Waals surface area contributed by atoms with Gasteiger partial charge >= 0.3 is 5.24 Å². The van der Waals surface area contributed by atoms with Crippen LogP contribution in [0.2, 0.25) is 5.02 Å². The number of aliphatic imine (C=N–C) groups is 1.